The first-order valence-electron chi connectivity index (χ1n) is 13.5. The number of H-pyrrole nitrogens is 1. The number of imidazole rings is 1. The normalized spacial score (nSPS) is 23.9. The number of nitrogens with two attached hydrogens (primary N) is 1. The number of ether oxygens (including phenoxy) is 1. The van der Waals surface area contributed by atoms with Gasteiger partial charge >= 0.3 is 7.75 Å². The van der Waals surface area contributed by atoms with Gasteiger partial charge in [0.05, 0.1) is 19.5 Å². The number of aromatic nitrogens is 4. The van der Waals surface area contributed by atoms with Crippen LogP contribution >= 0.6 is 19.5 Å². The van der Waals surface area contributed by atoms with Crippen LogP contribution in [0.15, 0.2) is 41.5 Å². The fourth-order valence-electron chi connectivity index (χ4n) is 4.20. The van der Waals surface area contributed by atoms with Gasteiger partial charge in [-0.2, -0.15) is 4.98 Å². The number of rotatable bonds is 14. The van der Waals surface area contributed by atoms with E-state index in [4.69, 9.17) is 19.5 Å². The fraction of sp³-hybridized carbons (Fsp3) is 0.538. The average Bonchev–Trinajstić information content (AvgIpc) is 3.52. The molecule has 1 saturated heterocycles. The Balaban J connectivity index is 1.51. The predicted octanol–water partition coefficient (Wildman–Crippen LogP) is 2.29. The van der Waals surface area contributed by atoms with Crippen molar-refractivity contribution in [1.29, 1.82) is 0 Å². The largest absolute Gasteiger partial charge is 0.405 e. The van der Waals surface area contributed by atoms with E-state index in [-0.39, 0.29) is 41.1 Å². The molecule has 236 valence electrons. The van der Waals surface area contributed by atoms with Crippen LogP contribution in [0.4, 0.5) is 10.3 Å². The summed E-state index contributed by atoms with van der Waals surface area (Å²) in [7, 11) is -4.19. The first-order chi connectivity index (χ1) is 20.3. The van der Waals surface area contributed by atoms with E-state index < -0.39 is 56.0 Å². The number of aromatic amines is 1. The van der Waals surface area contributed by atoms with Crippen LogP contribution < -0.4 is 16.4 Å². The van der Waals surface area contributed by atoms with Crippen LogP contribution in [-0.4, -0.2) is 78.3 Å². The minimum Gasteiger partial charge on any atom is -0.387 e. The zero-order chi connectivity index (χ0) is 31.4. The number of anilines is 1. The number of halogens is 1. The molecule has 14 nitrogen and oxygen atoms in total. The lowest BCUT2D eigenvalue weighted by molar-refractivity contribution is -0.133. The van der Waals surface area contributed by atoms with Gasteiger partial charge < -0.3 is 20.7 Å². The van der Waals surface area contributed by atoms with Crippen LogP contribution in [0.25, 0.3) is 11.2 Å². The third kappa shape index (κ3) is 7.35. The van der Waals surface area contributed by atoms with Gasteiger partial charge in [-0.3, -0.25) is 28.2 Å². The lowest BCUT2D eigenvalue weighted by Gasteiger charge is -2.30. The summed E-state index contributed by atoms with van der Waals surface area (Å²) in [5, 5.41) is 24.4. The van der Waals surface area contributed by atoms with Gasteiger partial charge in [-0.25, -0.2) is 19.0 Å². The summed E-state index contributed by atoms with van der Waals surface area (Å²) in [6.45, 7) is 3.35. The maximum Gasteiger partial charge on any atom is 0.405 e. The molecule has 1 unspecified atom stereocenters. The van der Waals surface area contributed by atoms with Crippen LogP contribution in [0, 0.1) is 5.41 Å². The average molecular weight is 643 g/mol. The van der Waals surface area contributed by atoms with Crippen molar-refractivity contribution in [3.63, 3.8) is 0 Å². The molecule has 0 radical (unpaired) electrons. The van der Waals surface area contributed by atoms with E-state index in [9.17, 15) is 28.8 Å². The number of nitrogens with one attached hydrogen (secondary N) is 2. The standard InChI is InChI=1S/C26H36FN6O8PS/c1-4-25(2,3)23(37)43-11-10-39-42(38,30-12-16-8-6-5-7-9-16)40-14-26(13-27)19(35)18(34)22(41-26)33-15-29-17-20(33)31-24(28)32-21(17)36/h5-9,15,18-19,22,34-35H,4,10-14H2,1-3H3,(H,30,38)(H3,28,31,32,36)/t18-,19+,22-,26-,42?/m1/s1. The van der Waals surface area contributed by atoms with E-state index in [1.54, 1.807) is 24.3 Å². The van der Waals surface area contributed by atoms with Crippen molar-refractivity contribution >= 4 is 41.7 Å². The van der Waals surface area contributed by atoms with Crippen LogP contribution in [0.5, 0.6) is 0 Å². The first-order valence-corrected chi connectivity index (χ1v) is 16.1. The number of nitrogens with zero attached hydrogens (tertiary/aromatic N) is 3. The van der Waals surface area contributed by atoms with Gasteiger partial charge in [0.1, 0.15) is 18.9 Å². The molecule has 0 amide bonds. The molecule has 0 saturated carbocycles. The number of aliphatic hydroxyl groups is 2. The second-order valence-corrected chi connectivity index (χ2v) is 13.6. The van der Waals surface area contributed by atoms with E-state index in [1.165, 1.54) is 0 Å². The molecular weight excluding hydrogens is 606 g/mol. The number of thioether (sulfide) groups is 1. The van der Waals surface area contributed by atoms with E-state index in [1.807, 2.05) is 26.8 Å². The Kier molecular flexibility index (Phi) is 10.4. The van der Waals surface area contributed by atoms with Crippen molar-refractivity contribution in [1.82, 2.24) is 24.6 Å². The van der Waals surface area contributed by atoms with Crippen LogP contribution in [0.3, 0.4) is 0 Å². The number of benzene rings is 1. The highest BCUT2D eigenvalue weighted by molar-refractivity contribution is 8.13. The number of hydrogen-bond donors (Lipinski definition) is 5. The maximum absolute atomic E-state index is 14.6. The molecule has 3 aromatic rings. The van der Waals surface area contributed by atoms with E-state index in [2.05, 4.69) is 20.0 Å². The van der Waals surface area contributed by atoms with Gasteiger partial charge in [0.25, 0.3) is 5.56 Å². The van der Waals surface area contributed by atoms with E-state index in [0.717, 1.165) is 28.2 Å². The Labute approximate surface area is 251 Å². The third-order valence-corrected chi connectivity index (χ3v) is 10.00. The van der Waals surface area contributed by atoms with Crippen molar-refractivity contribution < 1.29 is 37.7 Å². The highest BCUT2D eigenvalue weighted by atomic mass is 32.2. The third-order valence-electron chi connectivity index (χ3n) is 7.27. The van der Waals surface area contributed by atoms with Crippen molar-refractivity contribution in [3.8, 4) is 0 Å². The zero-order valence-corrected chi connectivity index (χ0v) is 25.6. The molecule has 4 rings (SSSR count). The highest BCUT2D eigenvalue weighted by Gasteiger charge is 2.56. The van der Waals surface area contributed by atoms with Crippen molar-refractivity contribution in [2.45, 2.75) is 57.8 Å². The smallest absolute Gasteiger partial charge is 0.387 e. The van der Waals surface area contributed by atoms with E-state index in [0.29, 0.717) is 6.42 Å². The summed E-state index contributed by atoms with van der Waals surface area (Å²) >= 11 is 1.04. The molecule has 1 aliphatic heterocycles. The molecule has 6 N–H and O–H groups in total. The zero-order valence-electron chi connectivity index (χ0n) is 23.9. The molecule has 1 aliphatic rings. The summed E-state index contributed by atoms with van der Waals surface area (Å²) in [4.78, 5) is 34.9. The number of carbonyl (C=O) groups is 1. The SMILES string of the molecule is CCC(C)(C)C(=O)SCCOP(=O)(NCc1ccccc1)OC[C@@]1(CF)O[C@@H](n2cnc3c(=O)[nH]c(N)nc32)[C@H](O)[C@@H]1O. The molecule has 5 atom stereocenters. The van der Waals surface area contributed by atoms with Gasteiger partial charge in [-0.1, -0.05) is 62.9 Å². The molecular formula is C26H36FN6O8PS. The fourth-order valence-corrected chi connectivity index (χ4v) is 6.57. The molecule has 0 aliphatic carbocycles. The Bertz CT molecular complexity index is 1520. The molecule has 17 heteroatoms. The molecule has 43 heavy (non-hydrogen) atoms. The number of aliphatic hydroxyl groups excluding tert-OH is 2. The van der Waals surface area contributed by atoms with Crippen LogP contribution in [-0.2, 0) is 29.7 Å². The van der Waals surface area contributed by atoms with Gasteiger partial charge in [0.15, 0.2) is 28.1 Å². The van der Waals surface area contributed by atoms with Crippen LogP contribution in [0.1, 0.15) is 39.0 Å². The predicted molar refractivity (Wildman–Crippen MR) is 158 cm³/mol. The number of hydrogen-bond acceptors (Lipinski definition) is 12. The van der Waals surface area contributed by atoms with Crippen molar-refractivity contribution in [2.75, 3.05) is 31.4 Å². The van der Waals surface area contributed by atoms with E-state index >= 15 is 0 Å². The molecule has 0 spiro atoms. The molecule has 2 aromatic heterocycles. The maximum atomic E-state index is 14.6. The monoisotopic (exact) mass is 642 g/mol. The van der Waals surface area contributed by atoms with Gasteiger partial charge in [-0.15, -0.1) is 0 Å². The van der Waals surface area contributed by atoms with Crippen molar-refractivity contribution in [3.05, 3.63) is 52.6 Å². The Morgan fingerprint density at radius 2 is 2.05 bits per heavy atom. The lowest BCUT2D eigenvalue weighted by atomic mass is 9.92. The number of carbonyl (C=O) groups excluding carboxylic acids is 1. The second-order valence-electron chi connectivity index (χ2n) is 10.7. The van der Waals surface area contributed by atoms with Gasteiger partial charge in [0, 0.05) is 17.7 Å². The molecule has 1 fully saturated rings. The Hall–Kier alpha value is -2.69. The Morgan fingerprint density at radius 3 is 2.72 bits per heavy atom. The summed E-state index contributed by atoms with van der Waals surface area (Å²) in [5.41, 5.74) is 2.85. The molecule has 1 aromatic carbocycles. The quantitative estimate of drug-likeness (QED) is 0.127. The molecule has 0 bridgehead atoms. The second kappa shape index (κ2) is 13.5. The summed E-state index contributed by atoms with van der Waals surface area (Å²) in [5.74, 6) is -0.0483. The van der Waals surface area contributed by atoms with Gasteiger partial charge in [0.2, 0.25) is 5.95 Å². The summed E-state index contributed by atoms with van der Waals surface area (Å²) in [6, 6.07) is 8.97. The number of fused-ring (bicyclic) bond motifs is 1. The molecule has 3 heterocycles. The number of alkyl halides is 1. The summed E-state index contributed by atoms with van der Waals surface area (Å²) in [6.07, 6.45) is -3.24. The topological polar surface area (TPSA) is 204 Å². The number of nitrogen functional groups attached to an aromatic ring is 1. The Morgan fingerprint density at radius 1 is 1.33 bits per heavy atom. The summed E-state index contributed by atoms with van der Waals surface area (Å²) < 4.78 is 46.6. The van der Waals surface area contributed by atoms with Crippen LogP contribution in [0.2, 0.25) is 0 Å². The highest BCUT2D eigenvalue weighted by Crippen LogP contribution is 2.48. The van der Waals surface area contributed by atoms with Gasteiger partial charge in [-0.05, 0) is 12.0 Å². The lowest BCUT2D eigenvalue weighted by Crippen LogP contribution is -2.49. The van der Waals surface area contributed by atoms with Crippen molar-refractivity contribution in [2.24, 2.45) is 5.41 Å². The minimum absolute atomic E-state index is 0.0456. The minimum atomic E-state index is -4.19. The first kappa shape index (κ1) is 33.2.